The molecule has 0 bridgehead atoms. The molecule has 0 saturated heterocycles. The van der Waals surface area contributed by atoms with Crippen molar-refractivity contribution in [3.05, 3.63) is 59.8 Å². The summed E-state index contributed by atoms with van der Waals surface area (Å²) in [4.78, 5) is 11.9. The number of amides is 1. The van der Waals surface area contributed by atoms with E-state index in [0.717, 1.165) is 10.9 Å². The Bertz CT molecular complexity index is 892. The molecule has 0 aliphatic heterocycles. The number of carbonyl (C=O) groups excluding carboxylic acids is 1. The van der Waals surface area contributed by atoms with Crippen LogP contribution in [0, 0.1) is 0 Å². The molecule has 2 aromatic carbocycles. The van der Waals surface area contributed by atoms with Crippen LogP contribution in [0.3, 0.4) is 0 Å². The van der Waals surface area contributed by atoms with Crippen molar-refractivity contribution in [2.75, 3.05) is 6.54 Å². The van der Waals surface area contributed by atoms with Crippen LogP contribution in [-0.4, -0.2) is 32.6 Å². The zero-order valence-corrected chi connectivity index (χ0v) is 14.4. The summed E-state index contributed by atoms with van der Waals surface area (Å²) in [6.45, 7) is 2.09. The minimum Gasteiger partial charge on any atom is -0.508 e. The fourth-order valence-corrected chi connectivity index (χ4v) is 2.78. The molecule has 7 nitrogen and oxygen atoms in total. The second kappa shape index (κ2) is 7.88. The number of aliphatic hydroxyl groups excluding tert-OH is 1. The lowest BCUT2D eigenvalue weighted by Crippen LogP contribution is -2.30. The number of rotatable bonds is 6. The molecule has 26 heavy (non-hydrogen) atoms. The number of aromatic hydroxyl groups is 1. The van der Waals surface area contributed by atoms with Gasteiger partial charge in [-0.25, -0.2) is 4.79 Å². The molecule has 3 aromatic rings. The minimum atomic E-state index is -0.512. The number of hydrogen-bond donors (Lipinski definition) is 3. The van der Waals surface area contributed by atoms with Crippen molar-refractivity contribution in [3.8, 4) is 5.75 Å². The average Bonchev–Trinajstić information content (AvgIpc) is 3.09. The minimum absolute atomic E-state index is 0.0178. The number of hydrogen-bond acceptors (Lipinski definition) is 5. The van der Waals surface area contributed by atoms with Gasteiger partial charge in [0.2, 0.25) is 0 Å². The highest BCUT2D eigenvalue weighted by atomic mass is 16.5. The van der Waals surface area contributed by atoms with Crippen molar-refractivity contribution in [2.45, 2.75) is 26.2 Å². The Kier molecular flexibility index (Phi) is 5.38. The Balaban J connectivity index is 1.63. The van der Waals surface area contributed by atoms with Crippen molar-refractivity contribution < 1.29 is 19.7 Å². The fourth-order valence-electron chi connectivity index (χ4n) is 2.78. The SMILES string of the molecule is C[C@@H](CNC(=O)OCc1ccccc1)n1ncc2ccc(O)c(CO)c21. The predicted octanol–water partition coefficient (Wildman–Crippen LogP) is 2.72. The first kappa shape index (κ1) is 17.8. The largest absolute Gasteiger partial charge is 0.508 e. The molecule has 1 aromatic heterocycles. The zero-order chi connectivity index (χ0) is 18.5. The van der Waals surface area contributed by atoms with E-state index in [2.05, 4.69) is 10.4 Å². The molecule has 0 fully saturated rings. The van der Waals surface area contributed by atoms with Gasteiger partial charge in [-0.15, -0.1) is 0 Å². The molecule has 1 atom stereocenters. The Labute approximate surface area is 150 Å². The van der Waals surface area contributed by atoms with Crippen molar-refractivity contribution in [1.82, 2.24) is 15.1 Å². The van der Waals surface area contributed by atoms with E-state index in [1.165, 1.54) is 6.07 Å². The third-order valence-corrected chi connectivity index (χ3v) is 4.17. The van der Waals surface area contributed by atoms with E-state index in [9.17, 15) is 15.0 Å². The van der Waals surface area contributed by atoms with Gasteiger partial charge in [0.25, 0.3) is 0 Å². The normalized spacial score (nSPS) is 12.1. The molecule has 0 aliphatic rings. The quantitative estimate of drug-likeness (QED) is 0.632. The number of nitrogens with one attached hydrogen (secondary N) is 1. The molecule has 1 heterocycles. The zero-order valence-electron chi connectivity index (χ0n) is 14.4. The fraction of sp³-hybridized carbons (Fsp3) is 0.263. The lowest BCUT2D eigenvalue weighted by molar-refractivity contribution is 0.138. The van der Waals surface area contributed by atoms with Crippen molar-refractivity contribution in [3.63, 3.8) is 0 Å². The van der Waals surface area contributed by atoms with Crippen molar-refractivity contribution in [1.29, 1.82) is 0 Å². The summed E-state index contributed by atoms with van der Waals surface area (Å²) >= 11 is 0. The van der Waals surface area contributed by atoms with E-state index in [4.69, 9.17) is 4.74 Å². The summed E-state index contributed by atoms with van der Waals surface area (Å²) in [6, 6.07) is 12.5. The van der Waals surface area contributed by atoms with Crippen LogP contribution in [0.4, 0.5) is 4.79 Å². The van der Waals surface area contributed by atoms with Crippen LogP contribution in [0.1, 0.15) is 24.1 Å². The number of aromatic nitrogens is 2. The highest BCUT2D eigenvalue weighted by molar-refractivity contribution is 5.84. The first-order valence-electron chi connectivity index (χ1n) is 8.33. The van der Waals surface area contributed by atoms with Gasteiger partial charge in [0, 0.05) is 17.5 Å². The molecule has 7 heteroatoms. The lowest BCUT2D eigenvalue weighted by atomic mass is 10.1. The third kappa shape index (κ3) is 3.78. The van der Waals surface area contributed by atoms with Gasteiger partial charge in [0.1, 0.15) is 12.4 Å². The van der Waals surface area contributed by atoms with Crippen LogP contribution < -0.4 is 5.32 Å². The maximum Gasteiger partial charge on any atom is 0.407 e. The predicted molar refractivity (Wildman–Crippen MR) is 96.7 cm³/mol. The summed E-state index contributed by atoms with van der Waals surface area (Å²) < 4.78 is 6.87. The van der Waals surface area contributed by atoms with E-state index in [-0.39, 0.29) is 25.0 Å². The van der Waals surface area contributed by atoms with Gasteiger partial charge in [-0.2, -0.15) is 5.10 Å². The number of alkyl carbamates (subject to hydrolysis) is 1. The third-order valence-electron chi connectivity index (χ3n) is 4.17. The van der Waals surface area contributed by atoms with E-state index >= 15 is 0 Å². The molecule has 0 radical (unpaired) electrons. The standard InChI is InChI=1S/C19H21N3O4/c1-13(9-20-19(25)26-12-14-5-3-2-4-6-14)22-18-15(10-21-22)7-8-17(24)16(18)11-23/h2-8,10,13,23-24H,9,11-12H2,1H3,(H,20,25)/t13-/m0/s1. The number of aliphatic hydroxyl groups is 1. The van der Waals surface area contributed by atoms with Gasteiger partial charge in [-0.05, 0) is 24.6 Å². The summed E-state index contributed by atoms with van der Waals surface area (Å²) in [6.07, 6.45) is 1.15. The monoisotopic (exact) mass is 355 g/mol. The molecular formula is C19H21N3O4. The Morgan fingerprint density at radius 1 is 1.27 bits per heavy atom. The molecule has 0 spiro atoms. The number of carbonyl (C=O) groups is 1. The number of ether oxygens (including phenoxy) is 1. The number of fused-ring (bicyclic) bond motifs is 1. The van der Waals surface area contributed by atoms with Crippen LogP contribution in [0.15, 0.2) is 48.7 Å². The van der Waals surface area contributed by atoms with Crippen LogP contribution in [0.2, 0.25) is 0 Å². The van der Waals surface area contributed by atoms with Gasteiger partial charge in [0.05, 0.1) is 24.4 Å². The number of phenols is 1. The van der Waals surface area contributed by atoms with Crippen molar-refractivity contribution >= 4 is 17.0 Å². The molecule has 0 aliphatic carbocycles. The molecule has 0 unspecified atom stereocenters. The summed E-state index contributed by atoms with van der Waals surface area (Å²) in [5, 5.41) is 27.3. The first-order chi connectivity index (χ1) is 12.6. The second-order valence-electron chi connectivity index (χ2n) is 6.04. The van der Waals surface area contributed by atoms with Crippen LogP contribution in [0.25, 0.3) is 10.9 Å². The van der Waals surface area contributed by atoms with E-state index in [1.54, 1.807) is 16.9 Å². The first-order valence-corrected chi connectivity index (χ1v) is 8.33. The Hall–Kier alpha value is -3.06. The van der Waals surface area contributed by atoms with Gasteiger partial charge in [-0.3, -0.25) is 4.68 Å². The van der Waals surface area contributed by atoms with Gasteiger partial charge >= 0.3 is 6.09 Å². The van der Waals surface area contributed by atoms with Gasteiger partial charge in [0.15, 0.2) is 0 Å². The average molecular weight is 355 g/mol. The van der Waals surface area contributed by atoms with E-state index < -0.39 is 6.09 Å². The molecule has 0 saturated carbocycles. The van der Waals surface area contributed by atoms with Crippen molar-refractivity contribution in [2.24, 2.45) is 0 Å². The van der Waals surface area contributed by atoms with Crippen LogP contribution in [0.5, 0.6) is 5.75 Å². The molecule has 3 N–H and O–H groups in total. The van der Waals surface area contributed by atoms with Gasteiger partial charge < -0.3 is 20.3 Å². The summed E-state index contributed by atoms with van der Waals surface area (Å²) in [7, 11) is 0. The summed E-state index contributed by atoms with van der Waals surface area (Å²) in [5.74, 6) is 0.0178. The smallest absolute Gasteiger partial charge is 0.407 e. The molecule has 136 valence electrons. The Morgan fingerprint density at radius 2 is 2.04 bits per heavy atom. The highest BCUT2D eigenvalue weighted by Crippen LogP contribution is 2.28. The maximum absolute atomic E-state index is 11.9. The van der Waals surface area contributed by atoms with Crippen LogP contribution >= 0.6 is 0 Å². The summed E-state index contributed by atoms with van der Waals surface area (Å²) in [5.41, 5.74) is 1.98. The lowest BCUT2D eigenvalue weighted by Gasteiger charge is -2.16. The second-order valence-corrected chi connectivity index (χ2v) is 6.04. The van der Waals surface area contributed by atoms with Crippen LogP contribution in [-0.2, 0) is 18.0 Å². The van der Waals surface area contributed by atoms with E-state index in [0.29, 0.717) is 17.6 Å². The van der Waals surface area contributed by atoms with E-state index in [1.807, 2.05) is 37.3 Å². The number of benzene rings is 2. The Morgan fingerprint density at radius 3 is 2.77 bits per heavy atom. The maximum atomic E-state index is 11.9. The topological polar surface area (TPSA) is 96.6 Å². The number of nitrogens with zero attached hydrogens (tertiary/aromatic N) is 2. The highest BCUT2D eigenvalue weighted by Gasteiger charge is 2.16. The molecule has 3 rings (SSSR count). The molecule has 1 amide bonds. The van der Waals surface area contributed by atoms with Gasteiger partial charge in [-0.1, -0.05) is 30.3 Å². The molecular weight excluding hydrogens is 334 g/mol.